The Bertz CT molecular complexity index is 2720. The number of furan rings is 1. The number of pyridine rings is 2. The first-order valence-corrected chi connectivity index (χ1v) is 18.9. The summed E-state index contributed by atoms with van der Waals surface area (Å²) in [7, 11) is 0. The summed E-state index contributed by atoms with van der Waals surface area (Å²) >= 11 is 0. The highest BCUT2D eigenvalue weighted by Crippen LogP contribution is 2.55. The van der Waals surface area contributed by atoms with Crippen molar-refractivity contribution < 1.29 is 13.6 Å². The number of fused-ring (bicyclic) bond motifs is 12. The molecule has 0 radical (unpaired) electrons. The van der Waals surface area contributed by atoms with Gasteiger partial charge < -0.3 is 4.42 Å². The molecule has 0 saturated heterocycles. The largest absolute Gasteiger partial charge is 0.455 e. The molecule has 3 atom stereocenters. The van der Waals surface area contributed by atoms with Gasteiger partial charge in [-0.25, -0.2) is 4.57 Å². The van der Waals surface area contributed by atoms with Crippen LogP contribution in [0.3, 0.4) is 0 Å². The van der Waals surface area contributed by atoms with Crippen LogP contribution in [0.15, 0.2) is 126 Å². The minimum atomic E-state index is -0.204. The molecule has 0 amide bonds. The van der Waals surface area contributed by atoms with Crippen molar-refractivity contribution in [2.24, 2.45) is 0 Å². The minimum absolute atomic E-state index is 0.129. The summed E-state index contributed by atoms with van der Waals surface area (Å²) in [6, 6.07) is 38.2. The summed E-state index contributed by atoms with van der Waals surface area (Å²) in [6.45, 7) is 11.8. The number of para-hydroxylation sites is 3. The maximum absolute atomic E-state index is 6.70. The Balaban J connectivity index is 1.18. The molecule has 3 unspecified atom stereocenters. The van der Waals surface area contributed by atoms with E-state index in [-0.39, 0.29) is 17.0 Å². The fourth-order valence-corrected chi connectivity index (χ4v) is 10.3. The molecule has 6 heterocycles. The molecule has 8 aromatic rings. The zero-order valence-electron chi connectivity index (χ0n) is 30.6. The van der Waals surface area contributed by atoms with E-state index in [0.717, 1.165) is 42.5 Å². The smallest absolute Gasteiger partial charge is 0.295 e. The Hall–Kier alpha value is -5.55. The van der Waals surface area contributed by atoms with E-state index in [1.54, 1.807) is 0 Å². The van der Waals surface area contributed by atoms with Crippen molar-refractivity contribution in [3.8, 4) is 28.3 Å². The van der Waals surface area contributed by atoms with E-state index < -0.39 is 0 Å². The lowest BCUT2D eigenvalue weighted by Gasteiger charge is -2.50. The quantitative estimate of drug-likeness (QED) is 0.164. The molecule has 4 aromatic heterocycles. The van der Waals surface area contributed by atoms with Crippen molar-refractivity contribution in [3.05, 3.63) is 144 Å². The highest BCUT2D eigenvalue weighted by molar-refractivity contribution is 6.10. The molecule has 5 heteroatoms. The number of imidazole rings is 1. The summed E-state index contributed by atoms with van der Waals surface area (Å²) < 4.78 is 14.4. The SMILES string of the molecule is CCC1(CCC2c3ccc4c(oc5ccccc54)c3-c3cc(C)c(C)c[n+]32)c2ccccc2-c2n(-c3ccncc3)c3ccccc3[n+]2C1(C)CC. The van der Waals surface area contributed by atoms with Gasteiger partial charge in [0.25, 0.3) is 5.82 Å². The van der Waals surface area contributed by atoms with Crippen molar-refractivity contribution >= 4 is 33.0 Å². The Labute approximate surface area is 304 Å². The average Bonchev–Trinajstić information content (AvgIpc) is 3.83. The van der Waals surface area contributed by atoms with Crippen LogP contribution in [0.2, 0.25) is 0 Å². The van der Waals surface area contributed by atoms with Gasteiger partial charge in [-0.1, -0.05) is 68.4 Å². The van der Waals surface area contributed by atoms with Crippen LogP contribution < -0.4 is 9.13 Å². The third kappa shape index (κ3) is 3.97. The number of rotatable bonds is 6. The van der Waals surface area contributed by atoms with Gasteiger partial charge in [-0.15, -0.1) is 0 Å². The van der Waals surface area contributed by atoms with Crippen molar-refractivity contribution in [2.75, 3.05) is 0 Å². The van der Waals surface area contributed by atoms with Gasteiger partial charge in [0, 0.05) is 64.3 Å². The Morgan fingerprint density at radius 1 is 0.808 bits per heavy atom. The van der Waals surface area contributed by atoms with Crippen LogP contribution in [0, 0.1) is 13.8 Å². The summed E-state index contributed by atoms with van der Waals surface area (Å²) in [5.74, 6) is 1.25. The molecule has 0 fully saturated rings. The first-order valence-electron chi connectivity index (χ1n) is 18.9. The average molecular weight is 681 g/mol. The van der Waals surface area contributed by atoms with Gasteiger partial charge in [0.2, 0.25) is 5.69 Å². The molecular weight excluding hydrogens is 637 g/mol. The molecule has 2 aliphatic rings. The fraction of sp³-hybridized carbons (Fsp3) is 0.255. The second kappa shape index (κ2) is 11.2. The Morgan fingerprint density at radius 3 is 2.40 bits per heavy atom. The maximum Gasteiger partial charge on any atom is 0.295 e. The van der Waals surface area contributed by atoms with Crippen molar-refractivity contribution in [1.82, 2.24) is 9.55 Å². The summed E-state index contributed by atoms with van der Waals surface area (Å²) in [5, 5.41) is 2.37. The molecule has 10 rings (SSSR count). The van der Waals surface area contributed by atoms with Crippen molar-refractivity contribution in [1.29, 1.82) is 0 Å². The first-order chi connectivity index (χ1) is 25.4. The molecular formula is C47H44N4O+2. The third-order valence-electron chi connectivity index (χ3n) is 13.2. The monoisotopic (exact) mass is 680 g/mol. The normalized spacial score (nSPS) is 20.3. The highest BCUT2D eigenvalue weighted by Gasteiger charge is 2.59. The first kappa shape index (κ1) is 31.2. The lowest BCUT2D eigenvalue weighted by Crippen LogP contribution is -2.68. The van der Waals surface area contributed by atoms with Gasteiger partial charge in [-0.3, -0.25) is 4.98 Å². The molecule has 0 saturated carbocycles. The van der Waals surface area contributed by atoms with Crippen molar-refractivity contribution in [2.45, 2.75) is 77.3 Å². The molecule has 0 N–H and O–H groups in total. The van der Waals surface area contributed by atoms with Crippen LogP contribution in [-0.2, 0) is 11.0 Å². The highest BCUT2D eigenvalue weighted by atomic mass is 16.3. The standard InChI is InChI=1S/C47H44N4O/c1-6-46(5)47(7-2,37-16-10-8-15-35(37)45-50(32-23-26-48-27-24-32)39-17-11-12-18-40(39)51(45)46)25-22-38-36-21-20-34-33-14-9-13-19-42(33)52-44(34)43(36)41-28-30(3)31(4)29-49(38)41/h8-21,23-24,26-29,38H,6-7,22,25H2,1-5H3/q+2. The zero-order chi connectivity index (χ0) is 35.4. The molecule has 256 valence electrons. The van der Waals surface area contributed by atoms with Crippen LogP contribution in [0.5, 0.6) is 0 Å². The molecule has 0 aliphatic carbocycles. The van der Waals surface area contributed by atoms with Gasteiger partial charge in [0.15, 0.2) is 23.3 Å². The van der Waals surface area contributed by atoms with Gasteiger partial charge in [0.1, 0.15) is 22.4 Å². The van der Waals surface area contributed by atoms with Gasteiger partial charge in [-0.05, 0) is 81.5 Å². The number of aromatic nitrogens is 4. The summed E-state index contributed by atoms with van der Waals surface area (Å²) in [4.78, 5) is 4.38. The van der Waals surface area contributed by atoms with E-state index in [0.29, 0.717) is 0 Å². The van der Waals surface area contributed by atoms with Crippen LogP contribution >= 0.6 is 0 Å². The Morgan fingerprint density at radius 2 is 1.58 bits per heavy atom. The fourth-order valence-electron chi connectivity index (χ4n) is 10.3. The maximum atomic E-state index is 6.70. The number of aryl methyl sites for hydroxylation is 2. The predicted molar refractivity (Wildman–Crippen MR) is 209 cm³/mol. The zero-order valence-corrected chi connectivity index (χ0v) is 30.6. The molecule has 2 aliphatic heterocycles. The van der Waals surface area contributed by atoms with Crippen LogP contribution in [0.25, 0.3) is 61.3 Å². The number of benzene rings is 4. The summed E-state index contributed by atoms with van der Waals surface area (Å²) in [5.41, 5.74) is 14.5. The Kier molecular flexibility index (Phi) is 6.74. The van der Waals surface area contributed by atoms with E-state index in [4.69, 9.17) is 4.42 Å². The van der Waals surface area contributed by atoms with Gasteiger partial charge in [0.05, 0.1) is 11.1 Å². The van der Waals surface area contributed by atoms with E-state index in [9.17, 15) is 0 Å². The van der Waals surface area contributed by atoms with E-state index in [1.165, 1.54) is 66.7 Å². The molecule has 52 heavy (non-hydrogen) atoms. The van der Waals surface area contributed by atoms with Crippen LogP contribution in [0.4, 0.5) is 0 Å². The van der Waals surface area contributed by atoms with Gasteiger partial charge in [-0.2, -0.15) is 9.13 Å². The predicted octanol–water partition coefficient (Wildman–Crippen LogP) is 10.6. The number of nitrogens with zero attached hydrogens (tertiary/aromatic N) is 4. The second-order valence-corrected chi connectivity index (χ2v) is 15.3. The lowest BCUT2D eigenvalue weighted by atomic mass is 9.57. The summed E-state index contributed by atoms with van der Waals surface area (Å²) in [6.07, 6.45) is 10.3. The lowest BCUT2D eigenvalue weighted by molar-refractivity contribution is -0.744. The second-order valence-electron chi connectivity index (χ2n) is 15.3. The molecule has 5 nitrogen and oxygen atoms in total. The topological polar surface area (TPSA) is 38.7 Å². The minimum Gasteiger partial charge on any atom is -0.455 e. The molecule has 0 bridgehead atoms. The van der Waals surface area contributed by atoms with Crippen LogP contribution in [-0.4, -0.2) is 9.55 Å². The van der Waals surface area contributed by atoms with Gasteiger partial charge >= 0.3 is 0 Å². The molecule has 0 spiro atoms. The number of hydrogen-bond donors (Lipinski definition) is 0. The van der Waals surface area contributed by atoms with E-state index >= 15 is 0 Å². The van der Waals surface area contributed by atoms with E-state index in [1.807, 2.05) is 12.4 Å². The molecule has 4 aromatic carbocycles. The van der Waals surface area contributed by atoms with Crippen LogP contribution in [0.1, 0.15) is 74.8 Å². The van der Waals surface area contributed by atoms with E-state index in [2.05, 4.69) is 163 Å². The third-order valence-corrected chi connectivity index (χ3v) is 13.2. The van der Waals surface area contributed by atoms with Crippen molar-refractivity contribution in [3.63, 3.8) is 0 Å². The number of hydrogen-bond acceptors (Lipinski definition) is 2.